The smallest absolute Gasteiger partial charge is 0.518 e. The molecule has 0 aliphatic carbocycles. The first-order valence-corrected chi connectivity index (χ1v) is 12.6. The van der Waals surface area contributed by atoms with E-state index in [-0.39, 0.29) is 6.10 Å². The maximum atomic E-state index is 13.1. The Morgan fingerprint density at radius 3 is 2.68 bits per heavy atom. The molecule has 2 aromatic carbocycles. The highest BCUT2D eigenvalue weighted by atomic mass is 32.1. The molecule has 0 saturated heterocycles. The van der Waals surface area contributed by atoms with Gasteiger partial charge in [-0.25, -0.2) is 4.79 Å². The highest BCUT2D eigenvalue weighted by Crippen LogP contribution is 2.32. The molecule has 0 aliphatic rings. The van der Waals surface area contributed by atoms with Crippen molar-refractivity contribution in [2.75, 3.05) is 0 Å². The SMILES string of the molecule is CC(C)(C)OC(=O)[n+]1cc([C-](O)c2c[s+][c-](-c3cccnc3)n2)c2ccc(OCc3ccccc3)c[c-]21. The Morgan fingerprint density at radius 1 is 1.14 bits per heavy atom. The number of carbonyl (C=O) groups excluding carboxylic acids is 1. The summed E-state index contributed by atoms with van der Waals surface area (Å²) >= 11 is 1.41. The fraction of sp³-hybridized carbons (Fsp3) is 0.172. The lowest BCUT2D eigenvalue weighted by atomic mass is 10.1. The van der Waals surface area contributed by atoms with E-state index in [0.717, 1.165) is 16.1 Å². The first-order chi connectivity index (χ1) is 17.8. The zero-order chi connectivity index (χ0) is 26.0. The number of aliphatic hydroxyl groups is 1. The number of rotatable bonds is 6. The second-order valence-electron chi connectivity index (χ2n) is 9.47. The van der Waals surface area contributed by atoms with Gasteiger partial charge in [0.1, 0.15) is 23.1 Å². The van der Waals surface area contributed by atoms with Crippen LogP contribution >= 0.6 is 11.3 Å². The van der Waals surface area contributed by atoms with Gasteiger partial charge in [-0.3, -0.25) is 4.98 Å². The number of thiazole rings is 1. The number of hydrogen-bond donors (Lipinski definition) is 1. The molecule has 1 N–H and O–H groups in total. The highest BCUT2D eigenvalue weighted by Gasteiger charge is 2.25. The average molecular weight is 513 g/mol. The van der Waals surface area contributed by atoms with Crippen molar-refractivity contribution in [1.29, 1.82) is 0 Å². The molecule has 0 saturated carbocycles. The minimum atomic E-state index is -0.686. The van der Waals surface area contributed by atoms with Gasteiger partial charge >= 0.3 is 6.09 Å². The van der Waals surface area contributed by atoms with Crippen LogP contribution in [0.4, 0.5) is 4.79 Å². The molecule has 0 atom stereocenters. The van der Waals surface area contributed by atoms with E-state index in [1.807, 2.05) is 75.4 Å². The lowest BCUT2D eigenvalue weighted by Gasteiger charge is -2.18. The lowest BCUT2D eigenvalue weighted by Crippen LogP contribution is -2.45. The molecule has 3 aromatic heterocycles. The topological polar surface area (TPSA) is 85.4 Å². The Bertz CT molecular complexity index is 1520. The van der Waals surface area contributed by atoms with Crippen LogP contribution in [0.5, 0.6) is 5.75 Å². The summed E-state index contributed by atoms with van der Waals surface area (Å²) in [5.41, 5.74) is 2.65. The van der Waals surface area contributed by atoms with E-state index in [0.29, 0.717) is 34.5 Å². The molecule has 0 radical (unpaired) electrons. The van der Waals surface area contributed by atoms with Gasteiger partial charge in [-0.15, -0.1) is 17.5 Å². The van der Waals surface area contributed by atoms with Crippen LogP contribution in [0.25, 0.3) is 21.5 Å². The van der Waals surface area contributed by atoms with E-state index in [9.17, 15) is 9.90 Å². The summed E-state index contributed by atoms with van der Waals surface area (Å²) in [5, 5.41) is 14.4. The maximum Gasteiger partial charge on any atom is 0.544 e. The van der Waals surface area contributed by atoms with E-state index >= 15 is 0 Å². The Hall–Kier alpha value is -4.14. The van der Waals surface area contributed by atoms with Crippen molar-refractivity contribution in [3.05, 3.63) is 108 Å². The van der Waals surface area contributed by atoms with Crippen molar-refractivity contribution >= 4 is 28.3 Å². The molecule has 0 fully saturated rings. The van der Waals surface area contributed by atoms with Gasteiger partial charge in [-0.2, -0.15) is 4.57 Å². The second-order valence-corrected chi connectivity index (χ2v) is 10.3. The molecule has 0 bridgehead atoms. The molecule has 0 amide bonds. The standard InChI is InChI=1S/C29H26N3O4S/c1-29(2,3)36-28(34)32-16-23(26(33)24-18-37-27(31-24)20-10-7-13-30-15-20)22-12-11-21(14-25(22)32)35-17-19-8-5-4-6-9-19/h4-16,18,33H,17H2,1-3H3/q-1. The molecular weight excluding hydrogens is 486 g/mol. The molecule has 37 heavy (non-hydrogen) atoms. The number of aromatic nitrogens is 3. The second kappa shape index (κ2) is 10.1. The number of benzene rings is 2. The Balaban J connectivity index is 1.51. The van der Waals surface area contributed by atoms with Crippen molar-refractivity contribution in [2.24, 2.45) is 0 Å². The molecule has 5 aromatic rings. The maximum absolute atomic E-state index is 13.1. The summed E-state index contributed by atoms with van der Waals surface area (Å²) in [7, 11) is 0. The number of nitrogens with zero attached hydrogens (tertiary/aromatic N) is 3. The van der Waals surface area contributed by atoms with E-state index in [1.54, 1.807) is 30.0 Å². The molecule has 188 valence electrons. The number of ether oxygens (including phenoxy) is 2. The molecule has 0 aliphatic heterocycles. The van der Waals surface area contributed by atoms with Crippen LogP contribution < -0.4 is 9.30 Å². The van der Waals surface area contributed by atoms with Crippen LogP contribution in [-0.2, 0) is 11.3 Å². The van der Waals surface area contributed by atoms with Crippen LogP contribution in [0.15, 0.2) is 84.6 Å². The van der Waals surface area contributed by atoms with Gasteiger partial charge in [0, 0.05) is 11.9 Å². The van der Waals surface area contributed by atoms with E-state index in [2.05, 4.69) is 9.97 Å². The predicted octanol–water partition coefficient (Wildman–Crippen LogP) is 6.03. The number of aliphatic hydroxyl groups excluding tert-OH is 1. The van der Waals surface area contributed by atoms with E-state index < -0.39 is 11.7 Å². The fourth-order valence-corrected chi connectivity index (χ4v) is 4.63. The third kappa shape index (κ3) is 5.50. The van der Waals surface area contributed by atoms with Crippen molar-refractivity contribution in [1.82, 2.24) is 9.97 Å². The van der Waals surface area contributed by atoms with E-state index in [4.69, 9.17) is 9.47 Å². The zero-order valence-corrected chi connectivity index (χ0v) is 21.5. The number of pyridine rings is 1. The summed E-state index contributed by atoms with van der Waals surface area (Å²) in [6, 6.07) is 19.0. The first-order valence-electron chi connectivity index (χ1n) is 11.8. The summed E-state index contributed by atoms with van der Waals surface area (Å²) in [4.78, 5) is 21.9. The highest BCUT2D eigenvalue weighted by molar-refractivity contribution is 7.13. The van der Waals surface area contributed by atoms with Gasteiger partial charge in [-0.1, -0.05) is 48.0 Å². The summed E-state index contributed by atoms with van der Waals surface area (Å²) < 4.78 is 13.0. The molecule has 8 heteroatoms. The third-order valence-corrected chi connectivity index (χ3v) is 6.42. The minimum absolute atomic E-state index is 0.0309. The zero-order valence-electron chi connectivity index (χ0n) is 20.7. The van der Waals surface area contributed by atoms with Crippen LogP contribution in [0.2, 0.25) is 0 Å². The fourth-order valence-electron chi connectivity index (χ4n) is 3.83. The van der Waals surface area contributed by atoms with Crippen molar-refractivity contribution in [3.8, 4) is 16.3 Å². The molecule has 7 nitrogen and oxygen atoms in total. The Morgan fingerprint density at radius 2 is 1.95 bits per heavy atom. The first kappa shape index (κ1) is 24.5. The minimum Gasteiger partial charge on any atom is -0.518 e. The monoisotopic (exact) mass is 512 g/mol. The summed E-state index contributed by atoms with van der Waals surface area (Å²) in [6.07, 6.45) is 4.43. The summed E-state index contributed by atoms with van der Waals surface area (Å²) in [5.74, 6) is 0.595. The quantitative estimate of drug-likeness (QED) is 0.170. The molecule has 3 heterocycles. The van der Waals surface area contributed by atoms with Crippen LogP contribution in [0, 0.1) is 6.10 Å². The summed E-state index contributed by atoms with van der Waals surface area (Å²) in [6.45, 7) is 5.82. The van der Waals surface area contributed by atoms with Gasteiger partial charge in [0.15, 0.2) is 11.3 Å². The van der Waals surface area contributed by atoms with Crippen molar-refractivity contribution < 1.29 is 23.9 Å². The molecule has 0 spiro atoms. The Labute approximate surface area is 219 Å². The Kier molecular flexibility index (Phi) is 6.69. The predicted molar refractivity (Wildman–Crippen MR) is 141 cm³/mol. The number of fused-ring (bicyclic) bond motifs is 1. The third-order valence-electron chi connectivity index (χ3n) is 5.53. The number of hydrogen-bond acceptors (Lipinski definition) is 6. The van der Waals surface area contributed by atoms with Gasteiger partial charge in [0.25, 0.3) is 0 Å². The molecule has 5 rings (SSSR count). The van der Waals surface area contributed by atoms with Crippen molar-refractivity contribution in [3.63, 3.8) is 0 Å². The normalized spacial score (nSPS) is 11.5. The average Bonchev–Trinajstić information content (AvgIpc) is 3.53. The lowest BCUT2D eigenvalue weighted by molar-refractivity contribution is -0.559. The van der Waals surface area contributed by atoms with E-state index in [1.165, 1.54) is 15.9 Å². The number of carbonyl (C=O) groups is 1. The van der Waals surface area contributed by atoms with Crippen LogP contribution in [-0.4, -0.2) is 26.8 Å². The van der Waals surface area contributed by atoms with Gasteiger partial charge in [0.05, 0.1) is 11.9 Å². The van der Waals surface area contributed by atoms with Crippen molar-refractivity contribution in [2.45, 2.75) is 33.0 Å². The molecular formula is C29H26N3O4S-. The van der Waals surface area contributed by atoms with Gasteiger partial charge in [-0.05, 0) is 50.3 Å². The van der Waals surface area contributed by atoms with Gasteiger partial charge < -0.3 is 19.6 Å². The van der Waals surface area contributed by atoms with Crippen LogP contribution in [0.3, 0.4) is 0 Å². The molecule has 0 unspecified atom stereocenters. The van der Waals surface area contributed by atoms with Crippen LogP contribution in [0.1, 0.15) is 37.6 Å². The largest absolute Gasteiger partial charge is 0.544 e. The van der Waals surface area contributed by atoms with Gasteiger partial charge in [0.2, 0.25) is 5.01 Å².